The molecule has 0 fully saturated rings. The van der Waals surface area contributed by atoms with E-state index in [9.17, 15) is 4.79 Å². The lowest BCUT2D eigenvalue weighted by atomic mass is 9.94. The van der Waals surface area contributed by atoms with E-state index in [4.69, 9.17) is 7.85 Å². The maximum absolute atomic E-state index is 11.9. The first kappa shape index (κ1) is 13.1. The van der Waals surface area contributed by atoms with E-state index in [0.29, 0.717) is 11.0 Å². The molecule has 2 aromatic carbocycles. The van der Waals surface area contributed by atoms with Gasteiger partial charge in [0, 0.05) is 9.13 Å². The minimum absolute atomic E-state index is 0.0199. The van der Waals surface area contributed by atoms with Crippen LogP contribution >= 0.6 is 22.6 Å². The highest BCUT2D eigenvalue weighted by atomic mass is 127. The summed E-state index contributed by atoms with van der Waals surface area (Å²) in [7, 11) is 5.58. The lowest BCUT2D eigenvalue weighted by Gasteiger charge is -1.97. The summed E-state index contributed by atoms with van der Waals surface area (Å²) in [5, 5.41) is 0. The molecule has 0 saturated heterocycles. The molecular formula is C15H10BIO. The molecule has 18 heavy (non-hydrogen) atoms. The van der Waals surface area contributed by atoms with E-state index in [2.05, 4.69) is 22.6 Å². The van der Waals surface area contributed by atoms with Crippen LogP contribution in [0.5, 0.6) is 0 Å². The van der Waals surface area contributed by atoms with Gasteiger partial charge in [-0.05, 0) is 46.4 Å². The van der Waals surface area contributed by atoms with Gasteiger partial charge in [-0.1, -0.05) is 47.9 Å². The number of allylic oxidation sites excluding steroid dienone is 1. The standard InChI is InChI=1S/C15H10BIO/c16-13-6-4-12(5-7-13)15(18)10-3-11-1-8-14(17)9-2-11/h1-10H. The Hall–Kier alpha value is -1.36. The van der Waals surface area contributed by atoms with Crippen LogP contribution in [0.1, 0.15) is 15.9 Å². The highest BCUT2D eigenvalue weighted by Gasteiger charge is 2.00. The second-order valence-corrected chi connectivity index (χ2v) is 5.12. The Morgan fingerprint density at radius 3 is 2.22 bits per heavy atom. The van der Waals surface area contributed by atoms with Gasteiger partial charge in [0.15, 0.2) is 5.78 Å². The van der Waals surface area contributed by atoms with Crippen molar-refractivity contribution in [2.45, 2.75) is 0 Å². The normalized spacial score (nSPS) is 10.7. The van der Waals surface area contributed by atoms with Gasteiger partial charge in [-0.25, -0.2) is 0 Å². The van der Waals surface area contributed by atoms with Crippen molar-refractivity contribution in [1.82, 2.24) is 0 Å². The molecule has 0 N–H and O–H groups in total. The first-order valence-electron chi connectivity index (χ1n) is 5.49. The molecule has 0 aromatic heterocycles. The highest BCUT2D eigenvalue weighted by Crippen LogP contribution is 2.09. The molecule has 0 amide bonds. The van der Waals surface area contributed by atoms with Gasteiger partial charge in [-0.3, -0.25) is 4.79 Å². The van der Waals surface area contributed by atoms with E-state index in [1.807, 2.05) is 30.3 Å². The maximum Gasteiger partial charge on any atom is 0.185 e. The van der Waals surface area contributed by atoms with Crippen LogP contribution in [0.15, 0.2) is 54.6 Å². The zero-order valence-electron chi connectivity index (χ0n) is 9.64. The highest BCUT2D eigenvalue weighted by molar-refractivity contribution is 14.1. The van der Waals surface area contributed by atoms with Crippen molar-refractivity contribution in [3.05, 3.63) is 69.3 Å². The second kappa shape index (κ2) is 6.00. The molecule has 0 unspecified atom stereocenters. The molecule has 0 heterocycles. The zero-order valence-corrected chi connectivity index (χ0v) is 11.8. The average molecular weight is 344 g/mol. The van der Waals surface area contributed by atoms with Gasteiger partial charge >= 0.3 is 0 Å². The zero-order chi connectivity index (χ0) is 13.0. The predicted octanol–water partition coefficient (Wildman–Crippen LogP) is 2.98. The van der Waals surface area contributed by atoms with E-state index >= 15 is 0 Å². The van der Waals surface area contributed by atoms with E-state index < -0.39 is 0 Å². The Morgan fingerprint density at radius 1 is 1.00 bits per heavy atom. The minimum Gasteiger partial charge on any atom is -0.289 e. The topological polar surface area (TPSA) is 17.1 Å². The molecule has 2 aromatic rings. The number of carbonyl (C=O) groups is 1. The summed E-state index contributed by atoms with van der Waals surface area (Å²) in [5.74, 6) is -0.0199. The number of hydrogen-bond acceptors (Lipinski definition) is 1. The molecule has 0 bridgehead atoms. The largest absolute Gasteiger partial charge is 0.289 e. The maximum atomic E-state index is 11.9. The van der Waals surface area contributed by atoms with Crippen LogP contribution in [0.2, 0.25) is 0 Å². The summed E-state index contributed by atoms with van der Waals surface area (Å²) in [6, 6.07) is 14.9. The van der Waals surface area contributed by atoms with Crippen molar-refractivity contribution in [1.29, 1.82) is 0 Å². The van der Waals surface area contributed by atoms with Crippen LogP contribution in [-0.2, 0) is 0 Å². The number of halogens is 1. The summed E-state index contributed by atoms with van der Waals surface area (Å²) in [5.41, 5.74) is 2.32. The molecule has 0 spiro atoms. The van der Waals surface area contributed by atoms with Gasteiger partial charge < -0.3 is 0 Å². The third-order valence-corrected chi connectivity index (χ3v) is 3.21. The molecule has 0 aliphatic heterocycles. The molecule has 2 rings (SSSR count). The fourth-order valence-electron chi connectivity index (χ4n) is 1.49. The second-order valence-electron chi connectivity index (χ2n) is 3.87. The summed E-state index contributed by atoms with van der Waals surface area (Å²) in [4.78, 5) is 11.9. The van der Waals surface area contributed by atoms with Crippen LogP contribution in [-0.4, -0.2) is 13.6 Å². The van der Waals surface area contributed by atoms with Crippen molar-refractivity contribution in [3.8, 4) is 0 Å². The molecule has 0 aliphatic rings. The summed E-state index contributed by atoms with van der Waals surface area (Å²) in [6.07, 6.45) is 3.39. The van der Waals surface area contributed by atoms with E-state index in [1.54, 1.807) is 30.3 Å². The molecule has 86 valence electrons. The first-order chi connectivity index (χ1) is 8.65. The third kappa shape index (κ3) is 3.57. The van der Waals surface area contributed by atoms with Crippen LogP contribution in [0.4, 0.5) is 0 Å². The Kier molecular flexibility index (Phi) is 4.36. The predicted molar refractivity (Wildman–Crippen MR) is 84.4 cm³/mol. The van der Waals surface area contributed by atoms with Crippen molar-refractivity contribution < 1.29 is 4.79 Å². The van der Waals surface area contributed by atoms with Gasteiger partial charge in [0.05, 0.1) is 0 Å². The van der Waals surface area contributed by atoms with Gasteiger partial charge in [-0.2, -0.15) is 0 Å². The quantitative estimate of drug-likeness (QED) is 0.362. The molecule has 3 heteroatoms. The number of carbonyl (C=O) groups excluding carboxylic acids is 1. The molecule has 0 saturated carbocycles. The Morgan fingerprint density at radius 2 is 1.61 bits per heavy atom. The lowest BCUT2D eigenvalue weighted by molar-refractivity contribution is 0.104. The Balaban J connectivity index is 2.11. The van der Waals surface area contributed by atoms with Crippen molar-refractivity contribution in [2.75, 3.05) is 0 Å². The molecule has 1 nitrogen and oxygen atoms in total. The Labute approximate surface area is 121 Å². The van der Waals surface area contributed by atoms with Crippen molar-refractivity contribution in [3.63, 3.8) is 0 Å². The van der Waals surface area contributed by atoms with Crippen LogP contribution in [0, 0.1) is 3.57 Å². The molecule has 0 atom stereocenters. The number of rotatable bonds is 3. The molecule has 0 aliphatic carbocycles. The Bertz CT molecular complexity index is 570. The molecular weight excluding hydrogens is 334 g/mol. The monoisotopic (exact) mass is 344 g/mol. The summed E-state index contributed by atoms with van der Waals surface area (Å²) < 4.78 is 1.18. The summed E-state index contributed by atoms with van der Waals surface area (Å²) >= 11 is 2.25. The van der Waals surface area contributed by atoms with Crippen molar-refractivity contribution in [2.24, 2.45) is 0 Å². The minimum atomic E-state index is -0.0199. The average Bonchev–Trinajstić information content (AvgIpc) is 2.38. The van der Waals surface area contributed by atoms with Crippen molar-refractivity contribution >= 4 is 47.8 Å². The van der Waals surface area contributed by atoms with E-state index in [1.165, 1.54) is 3.57 Å². The number of benzene rings is 2. The van der Waals surface area contributed by atoms with E-state index in [-0.39, 0.29) is 5.78 Å². The van der Waals surface area contributed by atoms with E-state index in [0.717, 1.165) is 5.56 Å². The summed E-state index contributed by atoms with van der Waals surface area (Å²) in [6.45, 7) is 0. The first-order valence-corrected chi connectivity index (χ1v) is 6.56. The smallest absolute Gasteiger partial charge is 0.185 e. The van der Waals surface area contributed by atoms with Gasteiger partial charge in [-0.15, -0.1) is 0 Å². The van der Waals surface area contributed by atoms with Gasteiger partial charge in [0.25, 0.3) is 0 Å². The SMILES string of the molecule is [B]c1ccc(C(=O)C=Cc2ccc(I)cc2)cc1. The fraction of sp³-hybridized carbons (Fsp3) is 0. The number of ketones is 1. The lowest BCUT2D eigenvalue weighted by Crippen LogP contribution is -2.02. The van der Waals surface area contributed by atoms with Gasteiger partial charge in [0.1, 0.15) is 7.85 Å². The van der Waals surface area contributed by atoms with Crippen LogP contribution < -0.4 is 5.46 Å². The fourth-order valence-corrected chi connectivity index (χ4v) is 1.85. The van der Waals surface area contributed by atoms with Crippen LogP contribution in [0.3, 0.4) is 0 Å². The molecule has 2 radical (unpaired) electrons. The number of hydrogen-bond donors (Lipinski definition) is 0. The van der Waals surface area contributed by atoms with Crippen LogP contribution in [0.25, 0.3) is 6.08 Å². The third-order valence-electron chi connectivity index (χ3n) is 2.49. The van der Waals surface area contributed by atoms with Gasteiger partial charge in [0.2, 0.25) is 0 Å².